The number of pyridine rings is 1. The van der Waals surface area contributed by atoms with E-state index >= 15 is 13.2 Å². The molecule has 6 aromatic carbocycles. The molecule has 0 aliphatic heterocycles. The summed E-state index contributed by atoms with van der Waals surface area (Å²) in [6.45, 7) is 17.3. The van der Waals surface area contributed by atoms with Gasteiger partial charge < -0.3 is 5.11 Å². The van der Waals surface area contributed by atoms with Crippen LogP contribution in [-0.2, 0) is 31.9 Å². The minimum Gasteiger partial charge on any atom is -0.507 e. The van der Waals surface area contributed by atoms with Gasteiger partial charge in [-0.1, -0.05) is 151 Å². The van der Waals surface area contributed by atoms with Gasteiger partial charge in [0.05, 0.1) is 27.7 Å². The zero-order valence-corrected chi connectivity index (χ0v) is 38.8. The van der Waals surface area contributed by atoms with Crippen molar-refractivity contribution in [1.82, 2.24) is 14.5 Å². The number of aromatic nitrogens is 3. The second-order valence-electron chi connectivity index (χ2n) is 18.3. The maximum Gasteiger partial charge on any atom is 0.397 e. The Labute approximate surface area is 377 Å². The van der Waals surface area contributed by atoms with Crippen molar-refractivity contribution in [2.45, 2.75) is 91.2 Å². The molecule has 0 atom stereocenters. The molecule has 0 spiro atoms. The first kappa shape index (κ1) is 44.5. The predicted molar refractivity (Wildman–Crippen MR) is 245 cm³/mol. The third-order valence-electron chi connectivity index (χ3n) is 12.1. The number of imidazole rings is 1. The third kappa shape index (κ3) is 8.01. The Balaban J connectivity index is 0.00000578. The number of para-hydroxylation sites is 1. The Kier molecular flexibility index (Phi) is 12.0. The molecule has 0 unspecified atom stereocenters. The van der Waals surface area contributed by atoms with Gasteiger partial charge in [0, 0.05) is 33.0 Å². The molecular formula is C54H51F3N3OPt-. The Morgan fingerprint density at radius 3 is 1.95 bits per heavy atom. The standard InChI is InChI=1S/C54H51F3N3O.Pt/c1-32(2)41-20-15-21-42(33(3)4)50(41)60-46-31-40(53(8,9)54(55,56)57)30-44(49(46)59-51(60)48-43-19-14-13-18-35(43)22-23-47(48)61)37-26-38(28-39(27-37)52(5,6)7)45-29-36(24-25-58-45)34-16-11-10-12-17-34;/h10-25,27-33,61H,1-9H3;/q-1;. The van der Waals surface area contributed by atoms with E-state index in [9.17, 15) is 5.11 Å². The van der Waals surface area contributed by atoms with Gasteiger partial charge in [-0.25, -0.2) is 4.98 Å². The average molecular weight is 1010 g/mol. The summed E-state index contributed by atoms with van der Waals surface area (Å²) >= 11 is 0. The van der Waals surface area contributed by atoms with Crippen molar-refractivity contribution in [2.75, 3.05) is 0 Å². The first-order valence-electron chi connectivity index (χ1n) is 20.9. The number of aromatic hydroxyl groups is 1. The molecule has 0 amide bonds. The predicted octanol–water partition coefficient (Wildman–Crippen LogP) is 15.1. The summed E-state index contributed by atoms with van der Waals surface area (Å²) in [5.41, 5.74) is 7.37. The van der Waals surface area contributed by atoms with Crippen molar-refractivity contribution in [3.63, 3.8) is 0 Å². The molecule has 1 N–H and O–H groups in total. The zero-order chi connectivity index (χ0) is 43.6. The van der Waals surface area contributed by atoms with Crippen LogP contribution in [-0.4, -0.2) is 25.8 Å². The van der Waals surface area contributed by atoms with Gasteiger partial charge in [0.1, 0.15) is 11.6 Å². The van der Waals surface area contributed by atoms with Crippen LogP contribution in [0.25, 0.3) is 72.4 Å². The normalized spacial score (nSPS) is 12.4. The molecule has 320 valence electrons. The average Bonchev–Trinajstić information content (AvgIpc) is 3.61. The summed E-state index contributed by atoms with van der Waals surface area (Å²) in [6, 6.07) is 42.7. The molecule has 4 nitrogen and oxygen atoms in total. The van der Waals surface area contributed by atoms with Gasteiger partial charge in [0.15, 0.2) is 0 Å². The summed E-state index contributed by atoms with van der Waals surface area (Å²) in [7, 11) is 0. The van der Waals surface area contributed by atoms with Gasteiger partial charge in [-0.2, -0.15) is 13.2 Å². The molecule has 0 fully saturated rings. The molecule has 0 aliphatic rings. The van der Waals surface area contributed by atoms with Crippen molar-refractivity contribution in [1.29, 1.82) is 0 Å². The van der Waals surface area contributed by atoms with E-state index in [0.717, 1.165) is 44.3 Å². The van der Waals surface area contributed by atoms with Gasteiger partial charge in [-0.05, 0) is 87.9 Å². The molecule has 2 aromatic heterocycles. The van der Waals surface area contributed by atoms with Crippen LogP contribution in [0.4, 0.5) is 13.2 Å². The van der Waals surface area contributed by atoms with Gasteiger partial charge in [0.25, 0.3) is 0 Å². The van der Waals surface area contributed by atoms with E-state index in [-0.39, 0.29) is 49.6 Å². The van der Waals surface area contributed by atoms with Crippen LogP contribution in [0.3, 0.4) is 0 Å². The van der Waals surface area contributed by atoms with Crippen LogP contribution in [0, 0.1) is 6.07 Å². The second kappa shape index (κ2) is 16.6. The van der Waals surface area contributed by atoms with Crippen LogP contribution in [0.2, 0.25) is 0 Å². The maximum absolute atomic E-state index is 15.3. The minimum absolute atomic E-state index is 0. The number of rotatable bonds is 8. The summed E-state index contributed by atoms with van der Waals surface area (Å²) in [5, 5.41) is 13.5. The number of alkyl halides is 3. The quantitative estimate of drug-likeness (QED) is 0.154. The van der Waals surface area contributed by atoms with Crippen LogP contribution in [0.1, 0.15) is 96.4 Å². The molecule has 8 aromatic rings. The Morgan fingerprint density at radius 1 is 0.661 bits per heavy atom. The maximum atomic E-state index is 15.3. The fourth-order valence-corrected chi connectivity index (χ4v) is 8.24. The molecule has 62 heavy (non-hydrogen) atoms. The van der Waals surface area contributed by atoms with Crippen molar-refractivity contribution in [2.24, 2.45) is 0 Å². The molecule has 8 heteroatoms. The third-order valence-corrected chi connectivity index (χ3v) is 12.1. The molecule has 0 aliphatic carbocycles. The number of benzene rings is 6. The van der Waals surface area contributed by atoms with Crippen molar-refractivity contribution in [3.05, 3.63) is 156 Å². The minimum atomic E-state index is -4.58. The molecule has 0 saturated carbocycles. The van der Waals surface area contributed by atoms with Crippen LogP contribution in [0.5, 0.6) is 5.75 Å². The molecule has 2 heterocycles. The van der Waals surface area contributed by atoms with Crippen LogP contribution >= 0.6 is 0 Å². The Morgan fingerprint density at radius 2 is 1.31 bits per heavy atom. The van der Waals surface area contributed by atoms with E-state index < -0.39 is 11.6 Å². The number of fused-ring (bicyclic) bond motifs is 2. The molecule has 0 saturated heterocycles. The number of hydrogen-bond acceptors (Lipinski definition) is 3. The molecular weight excluding hydrogens is 959 g/mol. The Hall–Kier alpha value is -5.52. The van der Waals surface area contributed by atoms with Crippen molar-refractivity contribution < 1.29 is 39.3 Å². The van der Waals surface area contributed by atoms with E-state index in [4.69, 9.17) is 9.97 Å². The molecule has 0 bridgehead atoms. The number of hydrogen-bond donors (Lipinski definition) is 1. The largest absolute Gasteiger partial charge is 0.507 e. The monoisotopic (exact) mass is 1010 g/mol. The fraction of sp³-hybridized carbons (Fsp3) is 0.259. The second-order valence-corrected chi connectivity index (χ2v) is 18.3. The number of halogens is 3. The Bertz CT molecular complexity index is 2910. The van der Waals surface area contributed by atoms with Crippen LogP contribution in [0.15, 0.2) is 128 Å². The van der Waals surface area contributed by atoms with Gasteiger partial charge >= 0.3 is 6.18 Å². The van der Waals surface area contributed by atoms with Crippen molar-refractivity contribution >= 4 is 21.8 Å². The number of nitrogens with zero attached hydrogens (tertiary/aromatic N) is 3. The topological polar surface area (TPSA) is 50.9 Å². The van der Waals surface area contributed by atoms with Crippen molar-refractivity contribution in [3.8, 4) is 56.3 Å². The zero-order valence-electron chi connectivity index (χ0n) is 36.5. The number of phenolic OH excluding ortho intramolecular Hbond substituents is 1. The van der Waals surface area contributed by atoms with Gasteiger partial charge in [-0.15, -0.1) is 29.3 Å². The first-order valence-corrected chi connectivity index (χ1v) is 20.9. The number of phenols is 1. The summed E-state index contributed by atoms with van der Waals surface area (Å²) in [4.78, 5) is 10.3. The van der Waals surface area contributed by atoms with E-state index in [1.54, 1.807) is 24.4 Å². The summed E-state index contributed by atoms with van der Waals surface area (Å²) in [6.07, 6.45) is -2.80. The molecule has 0 radical (unpaired) electrons. The molecule has 8 rings (SSSR count). The van der Waals surface area contributed by atoms with E-state index in [2.05, 4.69) is 72.7 Å². The van der Waals surface area contributed by atoms with Crippen LogP contribution < -0.4 is 0 Å². The van der Waals surface area contributed by atoms with Gasteiger partial charge in [0.2, 0.25) is 0 Å². The SMILES string of the molecule is CC(C)c1cccc(C(C)C)c1-n1c(-c2c(O)ccc3ccccc23)nc2c(-c3[c-]c(-c4cc(-c5ccccc5)ccn4)cc(C(C)(C)C)c3)cc(C(C)(C)C(F)(F)F)cc21.[Pt]. The summed E-state index contributed by atoms with van der Waals surface area (Å²) < 4.78 is 48.0. The van der Waals surface area contributed by atoms with Gasteiger partial charge in [-0.3, -0.25) is 9.55 Å². The first-order chi connectivity index (χ1) is 28.8. The van der Waals surface area contributed by atoms with E-state index in [1.165, 1.54) is 13.8 Å². The van der Waals surface area contributed by atoms with E-state index in [0.29, 0.717) is 44.8 Å². The van der Waals surface area contributed by atoms with E-state index in [1.807, 2.05) is 89.5 Å². The fourth-order valence-electron chi connectivity index (χ4n) is 8.24. The summed E-state index contributed by atoms with van der Waals surface area (Å²) in [5.74, 6) is 0.557. The smallest absolute Gasteiger partial charge is 0.397 e.